The van der Waals surface area contributed by atoms with Gasteiger partial charge in [0.15, 0.2) is 0 Å². The van der Waals surface area contributed by atoms with Gasteiger partial charge in [-0.15, -0.1) is 22.7 Å². The maximum atomic E-state index is 13.8. The Bertz CT molecular complexity index is 1930. The summed E-state index contributed by atoms with van der Waals surface area (Å²) >= 11 is 2.91. The number of ether oxygens (including phenoxy) is 2. The Labute approximate surface area is 262 Å². The highest BCUT2D eigenvalue weighted by Crippen LogP contribution is 2.46. The molecule has 44 heavy (non-hydrogen) atoms. The summed E-state index contributed by atoms with van der Waals surface area (Å²) in [5.74, 6) is 0.0397. The van der Waals surface area contributed by atoms with Crippen molar-refractivity contribution < 1.29 is 27.5 Å². The Morgan fingerprint density at radius 1 is 1.00 bits per heavy atom. The van der Waals surface area contributed by atoms with Gasteiger partial charge in [0.25, 0.3) is 15.9 Å². The van der Waals surface area contributed by atoms with Crippen LogP contribution in [0.2, 0.25) is 0 Å². The van der Waals surface area contributed by atoms with Crippen molar-refractivity contribution in [3.05, 3.63) is 88.8 Å². The van der Waals surface area contributed by atoms with E-state index in [1.807, 2.05) is 24.3 Å². The molecule has 13 heteroatoms. The van der Waals surface area contributed by atoms with Crippen LogP contribution in [0.3, 0.4) is 0 Å². The lowest BCUT2D eigenvalue weighted by molar-refractivity contribution is 0.102. The molecule has 0 spiro atoms. The molecule has 0 aliphatic carbocycles. The molecular formula is C31H28N4O6S3. The smallest absolute Gasteiger partial charge is 0.410 e. The molecule has 0 radical (unpaired) electrons. The van der Waals surface area contributed by atoms with Crippen molar-refractivity contribution >= 4 is 65.6 Å². The van der Waals surface area contributed by atoms with Crippen molar-refractivity contribution in [3.8, 4) is 16.3 Å². The summed E-state index contributed by atoms with van der Waals surface area (Å²) in [5.41, 5.74) is 2.99. The molecule has 0 bridgehead atoms. The first-order valence-electron chi connectivity index (χ1n) is 13.8. The van der Waals surface area contributed by atoms with Crippen LogP contribution in [0.5, 0.6) is 5.75 Å². The number of rotatable bonds is 8. The predicted molar refractivity (Wildman–Crippen MR) is 172 cm³/mol. The average Bonchev–Trinajstić information content (AvgIpc) is 3.61. The molecule has 5 aromatic rings. The minimum atomic E-state index is -4.00. The van der Waals surface area contributed by atoms with Gasteiger partial charge in [-0.2, -0.15) is 0 Å². The quantitative estimate of drug-likeness (QED) is 0.194. The zero-order chi connectivity index (χ0) is 30.8. The maximum Gasteiger partial charge on any atom is 0.410 e. The highest BCUT2D eigenvalue weighted by atomic mass is 32.2. The Morgan fingerprint density at radius 3 is 2.50 bits per heavy atom. The molecule has 0 saturated carbocycles. The second-order valence-corrected chi connectivity index (χ2v) is 13.7. The van der Waals surface area contributed by atoms with Crippen LogP contribution < -0.4 is 14.8 Å². The Hall–Kier alpha value is -4.46. The number of carbonyl (C=O) groups is 2. The first kappa shape index (κ1) is 29.6. The van der Waals surface area contributed by atoms with Gasteiger partial charge >= 0.3 is 6.09 Å². The van der Waals surface area contributed by atoms with Gasteiger partial charge in [-0.1, -0.05) is 24.3 Å². The fraction of sp³-hybridized carbons (Fsp3) is 0.194. The first-order valence-corrected chi connectivity index (χ1v) is 16.9. The van der Waals surface area contributed by atoms with Crippen LogP contribution >= 0.6 is 22.7 Å². The van der Waals surface area contributed by atoms with E-state index in [1.54, 1.807) is 48.2 Å². The normalized spacial score (nSPS) is 12.9. The molecule has 2 N–H and O–H groups in total. The van der Waals surface area contributed by atoms with Crippen molar-refractivity contribution in [2.45, 2.75) is 24.8 Å². The van der Waals surface area contributed by atoms with Crippen LogP contribution in [0.4, 0.5) is 15.5 Å². The number of nitrogens with zero attached hydrogens (tertiary/aromatic N) is 2. The van der Waals surface area contributed by atoms with Gasteiger partial charge in [0.1, 0.15) is 15.8 Å². The number of benzene rings is 3. The fourth-order valence-corrected chi connectivity index (χ4v) is 8.42. The molecule has 2 aromatic heterocycles. The number of para-hydroxylation sites is 2. The monoisotopic (exact) mass is 648 g/mol. The number of sulfonamides is 1. The third kappa shape index (κ3) is 5.85. The van der Waals surface area contributed by atoms with Crippen LogP contribution in [0.25, 0.3) is 20.8 Å². The van der Waals surface area contributed by atoms with Gasteiger partial charge in [0, 0.05) is 17.0 Å². The Morgan fingerprint density at radius 2 is 1.75 bits per heavy atom. The third-order valence-corrected chi connectivity index (χ3v) is 10.7. The molecule has 0 unspecified atom stereocenters. The number of carbonyl (C=O) groups excluding carboxylic acids is 2. The number of methoxy groups -OCH3 is 1. The Balaban J connectivity index is 1.34. The number of anilines is 2. The van der Waals surface area contributed by atoms with E-state index in [4.69, 9.17) is 14.5 Å². The van der Waals surface area contributed by atoms with Crippen LogP contribution in [0.1, 0.15) is 27.7 Å². The molecule has 0 atom stereocenters. The Kier molecular flexibility index (Phi) is 8.25. The molecule has 0 fully saturated rings. The van der Waals surface area contributed by atoms with Gasteiger partial charge < -0.3 is 19.7 Å². The molecular weight excluding hydrogens is 621 g/mol. The van der Waals surface area contributed by atoms with Crippen LogP contribution in [0, 0.1) is 0 Å². The summed E-state index contributed by atoms with van der Waals surface area (Å²) < 4.78 is 40.3. The molecule has 1 aliphatic heterocycles. The zero-order valence-electron chi connectivity index (χ0n) is 23.8. The predicted octanol–water partition coefficient (Wildman–Crippen LogP) is 6.60. The lowest BCUT2D eigenvalue weighted by Crippen LogP contribution is -2.35. The highest BCUT2D eigenvalue weighted by Gasteiger charge is 2.30. The summed E-state index contributed by atoms with van der Waals surface area (Å²) in [5, 5.41) is 4.38. The van der Waals surface area contributed by atoms with Gasteiger partial charge in [-0.05, 0) is 67.4 Å². The highest BCUT2D eigenvalue weighted by molar-refractivity contribution is 7.92. The molecule has 2 amide bonds. The van der Waals surface area contributed by atoms with E-state index < -0.39 is 15.9 Å². The SMILES string of the molecule is CCOC(=O)N1CCc2c(sc(NC(=O)c3ccccc3NS(=O)(=O)c3ccc(OC)cc3)c2-c2nc3ccccc3s2)C1. The number of fused-ring (bicyclic) bond motifs is 2. The first-order chi connectivity index (χ1) is 21.3. The van der Waals surface area contributed by atoms with Crippen LogP contribution in [0.15, 0.2) is 77.7 Å². The largest absolute Gasteiger partial charge is 0.497 e. The lowest BCUT2D eigenvalue weighted by Gasteiger charge is -2.26. The van der Waals surface area contributed by atoms with Gasteiger partial charge in [0.05, 0.1) is 46.6 Å². The van der Waals surface area contributed by atoms with Crippen LogP contribution in [-0.4, -0.2) is 50.6 Å². The summed E-state index contributed by atoms with van der Waals surface area (Å²) in [4.78, 5) is 33.8. The fourth-order valence-electron chi connectivity index (χ4n) is 4.97. The third-order valence-electron chi connectivity index (χ3n) is 7.10. The molecule has 3 aromatic carbocycles. The van der Waals surface area contributed by atoms with Gasteiger partial charge in [-0.25, -0.2) is 18.2 Å². The minimum Gasteiger partial charge on any atom is -0.497 e. The summed E-state index contributed by atoms with van der Waals surface area (Å²) in [7, 11) is -2.50. The topological polar surface area (TPSA) is 127 Å². The second kappa shape index (κ2) is 12.3. The lowest BCUT2D eigenvalue weighted by atomic mass is 10.0. The zero-order valence-corrected chi connectivity index (χ0v) is 26.3. The summed E-state index contributed by atoms with van der Waals surface area (Å²) in [6, 6.07) is 20.2. The molecule has 0 saturated heterocycles. The molecule has 226 valence electrons. The van der Waals surface area contributed by atoms with E-state index in [1.165, 1.54) is 41.9 Å². The van der Waals surface area contributed by atoms with Gasteiger partial charge in [0.2, 0.25) is 0 Å². The standard InChI is InChI=1S/C31H28N4O6S3/c1-3-41-31(37)35-17-16-22-26(18-35)43-30(27(22)29-32-24-10-6-7-11-25(24)42-29)33-28(36)21-8-4-5-9-23(21)34-44(38,39)20-14-12-19(40-2)13-15-20/h4-15,34H,3,16-18H2,1-2H3,(H,33,36). The maximum absolute atomic E-state index is 13.8. The van der Waals surface area contributed by atoms with Gasteiger partial charge in [-0.3, -0.25) is 9.52 Å². The second-order valence-electron chi connectivity index (χ2n) is 9.85. The number of nitrogens with one attached hydrogen (secondary N) is 2. The number of hydrogen-bond acceptors (Lipinski definition) is 9. The average molecular weight is 649 g/mol. The van der Waals surface area contributed by atoms with Crippen molar-refractivity contribution in [2.24, 2.45) is 0 Å². The minimum absolute atomic E-state index is 0.0312. The summed E-state index contributed by atoms with van der Waals surface area (Å²) in [6.45, 7) is 2.88. The molecule has 1 aliphatic rings. The molecule has 6 rings (SSSR count). The van der Waals surface area contributed by atoms with E-state index in [9.17, 15) is 18.0 Å². The number of thiophene rings is 1. The number of thiazole rings is 1. The van der Waals surface area contributed by atoms with E-state index in [2.05, 4.69) is 10.0 Å². The van der Waals surface area contributed by atoms with Crippen molar-refractivity contribution in [3.63, 3.8) is 0 Å². The van der Waals surface area contributed by atoms with Crippen molar-refractivity contribution in [1.82, 2.24) is 9.88 Å². The van der Waals surface area contributed by atoms with E-state index >= 15 is 0 Å². The van der Waals surface area contributed by atoms with Crippen LogP contribution in [-0.2, 0) is 27.7 Å². The van der Waals surface area contributed by atoms with Crippen molar-refractivity contribution in [1.29, 1.82) is 0 Å². The van der Waals surface area contributed by atoms with E-state index in [0.717, 1.165) is 31.2 Å². The summed E-state index contributed by atoms with van der Waals surface area (Å²) in [6.07, 6.45) is 0.195. The molecule has 3 heterocycles. The number of aromatic nitrogens is 1. The van der Waals surface area contributed by atoms with E-state index in [-0.39, 0.29) is 28.8 Å². The number of amides is 2. The van der Waals surface area contributed by atoms with E-state index in [0.29, 0.717) is 30.3 Å². The molecule has 10 nitrogen and oxygen atoms in total. The van der Waals surface area contributed by atoms with Crippen molar-refractivity contribution in [2.75, 3.05) is 30.3 Å². The number of hydrogen-bond donors (Lipinski definition) is 2.